The van der Waals surface area contributed by atoms with Gasteiger partial charge in [0.2, 0.25) is 5.78 Å². The van der Waals surface area contributed by atoms with Crippen LogP contribution < -0.4 is 10.2 Å². The number of hydrogen-bond acceptors (Lipinski definition) is 3. The van der Waals surface area contributed by atoms with E-state index in [4.69, 9.17) is 0 Å². The van der Waals surface area contributed by atoms with Crippen LogP contribution in [0.4, 0.5) is 11.4 Å². The van der Waals surface area contributed by atoms with E-state index in [0.29, 0.717) is 5.70 Å². The first kappa shape index (κ1) is 12.5. The number of ketones is 1. The van der Waals surface area contributed by atoms with E-state index in [-0.39, 0.29) is 5.78 Å². The molecule has 2 aromatic carbocycles. The first-order valence-electron chi connectivity index (χ1n) is 6.55. The number of hydrogen-bond donors (Lipinski definition) is 1. The van der Waals surface area contributed by atoms with Crippen LogP contribution in [0.2, 0.25) is 0 Å². The zero-order valence-corrected chi connectivity index (χ0v) is 11.6. The van der Waals surface area contributed by atoms with Crippen molar-refractivity contribution in [3.8, 4) is 0 Å². The molecule has 0 fully saturated rings. The molecular formula is C17H16N2O. The lowest BCUT2D eigenvalue weighted by molar-refractivity contribution is 0.104. The predicted molar refractivity (Wildman–Crippen MR) is 83.1 cm³/mol. The Hall–Kier alpha value is -2.55. The Bertz CT molecular complexity index is 684. The smallest absolute Gasteiger partial charge is 0.211 e. The number of Topliss-reactive ketones (excluding diaryl/α,β-unsaturated/α-hetero) is 1. The van der Waals surface area contributed by atoms with Crippen LogP contribution in [0.3, 0.4) is 0 Å². The highest BCUT2D eigenvalue weighted by Gasteiger charge is 2.23. The van der Waals surface area contributed by atoms with E-state index in [1.165, 1.54) is 0 Å². The van der Waals surface area contributed by atoms with E-state index in [1.54, 1.807) is 0 Å². The van der Waals surface area contributed by atoms with Gasteiger partial charge in [-0.2, -0.15) is 0 Å². The van der Waals surface area contributed by atoms with Crippen LogP contribution in [0, 0.1) is 0 Å². The summed E-state index contributed by atoms with van der Waals surface area (Å²) < 4.78 is 0. The minimum atomic E-state index is 0.0530. The zero-order chi connectivity index (χ0) is 14.1. The molecule has 0 radical (unpaired) electrons. The standard InChI is InChI=1S/C17H16N2O/c1-19(2)13-9-7-12(8-10-13)11-16-17(20)14-5-3-4-6-15(14)18-16/h3-11,18H,1-2H3. The van der Waals surface area contributed by atoms with E-state index in [2.05, 4.69) is 5.32 Å². The van der Waals surface area contributed by atoms with Gasteiger partial charge >= 0.3 is 0 Å². The van der Waals surface area contributed by atoms with Crippen LogP contribution in [0.15, 0.2) is 54.2 Å². The van der Waals surface area contributed by atoms with Crippen molar-refractivity contribution in [1.29, 1.82) is 0 Å². The van der Waals surface area contributed by atoms with Gasteiger partial charge in [0.1, 0.15) is 0 Å². The van der Waals surface area contributed by atoms with Gasteiger partial charge in [-0.15, -0.1) is 0 Å². The van der Waals surface area contributed by atoms with Gasteiger partial charge in [0.15, 0.2) is 0 Å². The van der Waals surface area contributed by atoms with Gasteiger partial charge in [0.25, 0.3) is 0 Å². The zero-order valence-electron chi connectivity index (χ0n) is 11.6. The van der Waals surface area contributed by atoms with Crippen molar-refractivity contribution in [2.24, 2.45) is 0 Å². The Morgan fingerprint density at radius 3 is 2.35 bits per heavy atom. The number of nitrogens with one attached hydrogen (secondary N) is 1. The largest absolute Gasteiger partial charge is 0.378 e. The Morgan fingerprint density at radius 1 is 1.00 bits per heavy atom. The molecular weight excluding hydrogens is 248 g/mol. The number of carbonyl (C=O) groups excluding carboxylic acids is 1. The Kier molecular flexibility index (Phi) is 3.03. The molecule has 3 rings (SSSR count). The maximum Gasteiger partial charge on any atom is 0.211 e. The van der Waals surface area contributed by atoms with E-state index in [9.17, 15) is 4.79 Å². The monoisotopic (exact) mass is 264 g/mol. The highest BCUT2D eigenvalue weighted by atomic mass is 16.1. The Labute approximate surface area is 118 Å². The second-order valence-corrected chi connectivity index (χ2v) is 5.04. The van der Waals surface area contributed by atoms with Gasteiger partial charge < -0.3 is 10.2 Å². The second kappa shape index (κ2) is 4.85. The average Bonchev–Trinajstić information content (AvgIpc) is 2.77. The minimum Gasteiger partial charge on any atom is -0.378 e. The maximum atomic E-state index is 12.2. The summed E-state index contributed by atoms with van der Waals surface area (Å²) in [4.78, 5) is 14.3. The third-order valence-corrected chi connectivity index (χ3v) is 3.41. The normalized spacial score (nSPS) is 15.1. The summed E-state index contributed by atoms with van der Waals surface area (Å²) in [6.07, 6.45) is 1.89. The molecule has 1 aliphatic heterocycles. The molecule has 0 bridgehead atoms. The SMILES string of the molecule is CN(C)c1ccc(C=C2Nc3ccccc3C2=O)cc1. The van der Waals surface area contributed by atoms with Gasteiger partial charge in [-0.3, -0.25) is 4.79 Å². The van der Waals surface area contributed by atoms with E-state index >= 15 is 0 Å². The number of anilines is 2. The first-order valence-corrected chi connectivity index (χ1v) is 6.55. The topological polar surface area (TPSA) is 32.3 Å². The summed E-state index contributed by atoms with van der Waals surface area (Å²) >= 11 is 0. The fraction of sp³-hybridized carbons (Fsp3) is 0.118. The van der Waals surface area contributed by atoms with Crippen LogP contribution in [0.25, 0.3) is 6.08 Å². The van der Waals surface area contributed by atoms with Crippen molar-refractivity contribution in [3.05, 3.63) is 65.4 Å². The molecule has 0 spiro atoms. The van der Waals surface area contributed by atoms with E-state index in [1.807, 2.05) is 73.6 Å². The lowest BCUT2D eigenvalue weighted by atomic mass is 10.1. The molecule has 1 aliphatic rings. The summed E-state index contributed by atoms with van der Waals surface area (Å²) in [6, 6.07) is 15.7. The molecule has 0 unspecified atom stereocenters. The van der Waals surface area contributed by atoms with Crippen molar-refractivity contribution in [2.75, 3.05) is 24.3 Å². The third kappa shape index (κ3) is 2.18. The molecule has 0 amide bonds. The van der Waals surface area contributed by atoms with Crippen molar-refractivity contribution >= 4 is 23.2 Å². The summed E-state index contributed by atoms with van der Waals surface area (Å²) in [5.74, 6) is 0.0530. The van der Waals surface area contributed by atoms with Crippen molar-refractivity contribution in [1.82, 2.24) is 0 Å². The number of carbonyl (C=O) groups is 1. The first-order chi connectivity index (χ1) is 9.65. The van der Waals surface area contributed by atoms with Gasteiger partial charge in [-0.1, -0.05) is 24.3 Å². The van der Waals surface area contributed by atoms with Crippen LogP contribution in [0.5, 0.6) is 0 Å². The second-order valence-electron chi connectivity index (χ2n) is 5.04. The Morgan fingerprint density at radius 2 is 1.70 bits per heavy atom. The molecule has 1 N–H and O–H groups in total. The molecule has 0 saturated heterocycles. The van der Waals surface area contributed by atoms with Crippen molar-refractivity contribution in [2.45, 2.75) is 0 Å². The number of nitrogens with zero attached hydrogens (tertiary/aromatic N) is 1. The number of benzene rings is 2. The summed E-state index contributed by atoms with van der Waals surface area (Å²) in [7, 11) is 4.01. The molecule has 100 valence electrons. The van der Waals surface area contributed by atoms with Gasteiger partial charge in [-0.25, -0.2) is 0 Å². The highest BCUT2D eigenvalue weighted by molar-refractivity contribution is 6.20. The van der Waals surface area contributed by atoms with Gasteiger partial charge in [0, 0.05) is 31.0 Å². The third-order valence-electron chi connectivity index (χ3n) is 3.41. The fourth-order valence-electron chi connectivity index (χ4n) is 2.27. The maximum absolute atomic E-state index is 12.2. The lowest BCUT2D eigenvalue weighted by Crippen LogP contribution is -2.08. The van der Waals surface area contributed by atoms with Crippen molar-refractivity contribution in [3.63, 3.8) is 0 Å². The van der Waals surface area contributed by atoms with Gasteiger partial charge in [0.05, 0.1) is 5.70 Å². The van der Waals surface area contributed by atoms with E-state index < -0.39 is 0 Å². The van der Waals surface area contributed by atoms with Gasteiger partial charge in [-0.05, 0) is 35.9 Å². The van der Waals surface area contributed by atoms with E-state index in [0.717, 1.165) is 22.5 Å². The molecule has 3 nitrogen and oxygen atoms in total. The molecule has 0 saturated carbocycles. The molecule has 3 heteroatoms. The van der Waals surface area contributed by atoms with Crippen LogP contribution >= 0.6 is 0 Å². The molecule has 0 atom stereocenters. The fourth-order valence-corrected chi connectivity index (χ4v) is 2.27. The highest BCUT2D eigenvalue weighted by Crippen LogP contribution is 2.28. The lowest BCUT2D eigenvalue weighted by Gasteiger charge is -2.11. The number of allylic oxidation sites excluding steroid dienone is 1. The molecule has 2 aromatic rings. The summed E-state index contributed by atoms with van der Waals surface area (Å²) in [6.45, 7) is 0. The van der Waals surface area contributed by atoms with Crippen LogP contribution in [-0.4, -0.2) is 19.9 Å². The molecule has 1 heterocycles. The average molecular weight is 264 g/mol. The van der Waals surface area contributed by atoms with Crippen LogP contribution in [0.1, 0.15) is 15.9 Å². The number of rotatable bonds is 2. The number of fused-ring (bicyclic) bond motifs is 1. The molecule has 0 aliphatic carbocycles. The van der Waals surface area contributed by atoms with Crippen LogP contribution in [-0.2, 0) is 0 Å². The quantitative estimate of drug-likeness (QED) is 0.844. The predicted octanol–water partition coefficient (Wildman–Crippen LogP) is 3.40. The molecule has 20 heavy (non-hydrogen) atoms. The number of para-hydroxylation sites is 1. The summed E-state index contributed by atoms with van der Waals surface area (Å²) in [5.41, 5.74) is 4.40. The molecule has 0 aromatic heterocycles. The van der Waals surface area contributed by atoms with Crippen molar-refractivity contribution < 1.29 is 4.79 Å². The minimum absolute atomic E-state index is 0.0530. The summed E-state index contributed by atoms with van der Waals surface area (Å²) in [5, 5.41) is 3.17. The Balaban J connectivity index is 1.89.